The number of benzene rings is 9. The summed E-state index contributed by atoms with van der Waals surface area (Å²) in [6.07, 6.45) is 2.38. The molecule has 1 spiro atoms. The van der Waals surface area contributed by atoms with Crippen LogP contribution in [-0.4, -0.2) is 0 Å². The lowest BCUT2D eigenvalue weighted by atomic mass is 9.70. The molecule has 0 aromatic heterocycles. The zero-order valence-electron chi connectivity index (χ0n) is 31.8. The van der Waals surface area contributed by atoms with Gasteiger partial charge in [0.05, 0.1) is 11.5 Å². The van der Waals surface area contributed by atoms with E-state index in [1.807, 2.05) is 0 Å². The predicted molar refractivity (Wildman–Crippen MR) is 242 cm³/mol. The molecule has 0 fully saturated rings. The van der Waals surface area contributed by atoms with E-state index in [0.29, 0.717) is 0 Å². The van der Waals surface area contributed by atoms with E-state index in [-0.39, 0.29) is 6.04 Å². The first-order chi connectivity index (χ1) is 28.8. The molecule has 2 aliphatic carbocycles. The highest BCUT2D eigenvalue weighted by Gasteiger charge is 2.51. The van der Waals surface area contributed by atoms with Crippen LogP contribution in [0, 0.1) is 0 Å². The Bertz CT molecular complexity index is 3060. The quantitative estimate of drug-likeness (QED) is 0.189. The van der Waals surface area contributed by atoms with Gasteiger partial charge in [-0.2, -0.15) is 0 Å². The fourth-order valence-electron chi connectivity index (χ4n) is 10.2. The Labute approximate surface area is 339 Å². The second-order valence-corrected chi connectivity index (χ2v) is 15.7. The van der Waals surface area contributed by atoms with Crippen molar-refractivity contribution < 1.29 is 0 Å². The van der Waals surface area contributed by atoms with Crippen LogP contribution in [0.4, 0.5) is 22.7 Å². The molecule has 2 nitrogen and oxygen atoms in total. The Hall–Kier alpha value is -7.42. The van der Waals surface area contributed by atoms with Crippen molar-refractivity contribution in [1.82, 2.24) is 0 Å². The highest BCUT2D eigenvalue weighted by atomic mass is 15.1. The lowest BCUT2D eigenvalue weighted by Gasteiger charge is -2.32. The summed E-state index contributed by atoms with van der Waals surface area (Å²) in [5, 5.41) is 6.43. The molecule has 0 amide bonds. The maximum atomic E-state index is 3.94. The first kappa shape index (κ1) is 32.8. The molecule has 0 saturated heterocycles. The summed E-state index contributed by atoms with van der Waals surface area (Å²) in [7, 11) is 0. The minimum Gasteiger partial charge on any atom is -0.374 e. The van der Waals surface area contributed by atoms with E-state index in [1.54, 1.807) is 0 Å². The van der Waals surface area contributed by atoms with Crippen LogP contribution in [0.3, 0.4) is 0 Å². The van der Waals surface area contributed by atoms with Crippen molar-refractivity contribution in [2.24, 2.45) is 0 Å². The fourth-order valence-corrected chi connectivity index (χ4v) is 10.2. The molecule has 1 aliphatic heterocycles. The third-order valence-corrected chi connectivity index (χ3v) is 12.7. The summed E-state index contributed by atoms with van der Waals surface area (Å²) in [4.78, 5) is 2.43. The Kier molecular flexibility index (Phi) is 7.24. The largest absolute Gasteiger partial charge is 0.374 e. The number of fused-ring (bicyclic) bond motifs is 12. The lowest BCUT2D eigenvalue weighted by molar-refractivity contribution is 0.793. The number of anilines is 4. The highest BCUT2D eigenvalue weighted by Crippen LogP contribution is 2.63. The van der Waals surface area contributed by atoms with E-state index in [9.17, 15) is 0 Å². The number of para-hydroxylation sites is 2. The maximum Gasteiger partial charge on any atom is 0.0773 e. The zero-order chi connectivity index (χ0) is 38.2. The molecule has 1 N–H and O–H groups in total. The SMILES string of the molecule is C1=C(c2cccc(N(c3ccccc3)c3ccc4c(c3)C3(c5ccccc5-c5ccccc53)c3ccccc3-4)c2)C(c2ccc3ccccc3c2)Nc2ccccc21. The van der Waals surface area contributed by atoms with Crippen LogP contribution in [0.5, 0.6) is 0 Å². The van der Waals surface area contributed by atoms with Crippen molar-refractivity contribution in [2.75, 3.05) is 10.2 Å². The fraction of sp³-hybridized carbons (Fsp3) is 0.0357. The van der Waals surface area contributed by atoms with Crippen molar-refractivity contribution in [3.05, 3.63) is 251 Å². The number of hydrogen-bond acceptors (Lipinski definition) is 2. The molecule has 9 aromatic carbocycles. The van der Waals surface area contributed by atoms with Gasteiger partial charge in [-0.05, 0) is 132 Å². The molecule has 272 valence electrons. The molecule has 0 radical (unpaired) electrons. The van der Waals surface area contributed by atoms with Gasteiger partial charge >= 0.3 is 0 Å². The summed E-state index contributed by atoms with van der Waals surface area (Å²) in [6, 6.07) is 78.3. The first-order valence-corrected chi connectivity index (χ1v) is 20.2. The molecule has 2 heteroatoms. The van der Waals surface area contributed by atoms with Crippen molar-refractivity contribution >= 4 is 45.2 Å². The molecule has 0 bridgehead atoms. The van der Waals surface area contributed by atoms with Crippen molar-refractivity contribution in [3.8, 4) is 22.3 Å². The van der Waals surface area contributed by atoms with Gasteiger partial charge in [-0.3, -0.25) is 0 Å². The summed E-state index contributed by atoms with van der Waals surface area (Å²) in [5.41, 5.74) is 19.6. The summed E-state index contributed by atoms with van der Waals surface area (Å²) < 4.78 is 0. The normalized spacial score (nSPS) is 15.1. The smallest absolute Gasteiger partial charge is 0.0773 e. The zero-order valence-corrected chi connectivity index (χ0v) is 31.8. The molecule has 12 rings (SSSR count). The van der Waals surface area contributed by atoms with E-state index in [1.165, 1.54) is 77.5 Å². The third-order valence-electron chi connectivity index (χ3n) is 12.7. The van der Waals surface area contributed by atoms with Gasteiger partial charge in [-0.25, -0.2) is 0 Å². The molecule has 0 saturated carbocycles. The standard InChI is InChI=1S/C56H38N2/c1-2-19-42(20-3-1)58(43-21-14-18-39(34-43)49-35-40-17-6-13-28-54(40)57-55(49)41-30-29-37-15-4-5-16-38(37)33-41)44-31-32-48-47-24-9-12-27-52(47)56(53(48)36-44)50-25-10-7-22-45(50)46-23-8-11-26-51(46)56/h1-36,55,57H. The van der Waals surface area contributed by atoms with Crippen molar-refractivity contribution in [1.29, 1.82) is 0 Å². The Balaban J connectivity index is 1.05. The van der Waals surface area contributed by atoms with Crippen LogP contribution in [0.15, 0.2) is 212 Å². The van der Waals surface area contributed by atoms with Gasteiger partial charge < -0.3 is 10.2 Å². The Morgan fingerprint density at radius 1 is 0.397 bits per heavy atom. The third kappa shape index (κ3) is 4.79. The molecular formula is C56H38N2. The van der Waals surface area contributed by atoms with Crippen LogP contribution in [0.2, 0.25) is 0 Å². The van der Waals surface area contributed by atoms with Gasteiger partial charge in [0.25, 0.3) is 0 Å². The second kappa shape index (κ2) is 12.8. The average molecular weight is 739 g/mol. The molecule has 9 aromatic rings. The minimum absolute atomic E-state index is 0.0270. The monoisotopic (exact) mass is 738 g/mol. The van der Waals surface area contributed by atoms with Gasteiger partial charge in [0, 0.05) is 22.7 Å². The highest BCUT2D eigenvalue weighted by molar-refractivity contribution is 5.98. The number of hydrogen-bond donors (Lipinski definition) is 1. The first-order valence-electron chi connectivity index (χ1n) is 20.2. The van der Waals surface area contributed by atoms with E-state index in [0.717, 1.165) is 22.7 Å². The van der Waals surface area contributed by atoms with E-state index in [2.05, 4.69) is 229 Å². The van der Waals surface area contributed by atoms with Crippen LogP contribution < -0.4 is 10.2 Å². The van der Waals surface area contributed by atoms with Gasteiger partial charge in [0.15, 0.2) is 0 Å². The second-order valence-electron chi connectivity index (χ2n) is 15.7. The molecule has 1 heterocycles. The van der Waals surface area contributed by atoms with Crippen LogP contribution in [0.1, 0.15) is 45.0 Å². The lowest BCUT2D eigenvalue weighted by Crippen LogP contribution is -2.26. The van der Waals surface area contributed by atoms with E-state index >= 15 is 0 Å². The average Bonchev–Trinajstić information content (AvgIpc) is 3.76. The summed E-state index contributed by atoms with van der Waals surface area (Å²) in [5.74, 6) is 0. The van der Waals surface area contributed by atoms with Gasteiger partial charge in [-0.1, -0.05) is 164 Å². The van der Waals surface area contributed by atoms with Crippen LogP contribution in [-0.2, 0) is 5.41 Å². The molecule has 1 unspecified atom stereocenters. The van der Waals surface area contributed by atoms with Gasteiger partial charge in [0.2, 0.25) is 0 Å². The summed E-state index contributed by atoms with van der Waals surface area (Å²) >= 11 is 0. The predicted octanol–water partition coefficient (Wildman–Crippen LogP) is 14.4. The number of rotatable bonds is 5. The Morgan fingerprint density at radius 2 is 0.983 bits per heavy atom. The molecule has 1 atom stereocenters. The number of nitrogens with zero attached hydrogens (tertiary/aromatic N) is 1. The minimum atomic E-state index is -0.418. The number of nitrogens with one attached hydrogen (secondary N) is 1. The van der Waals surface area contributed by atoms with E-state index < -0.39 is 5.41 Å². The topological polar surface area (TPSA) is 15.3 Å². The van der Waals surface area contributed by atoms with Crippen LogP contribution in [0.25, 0.3) is 44.7 Å². The maximum absolute atomic E-state index is 3.94. The van der Waals surface area contributed by atoms with Gasteiger partial charge in [0.1, 0.15) is 0 Å². The van der Waals surface area contributed by atoms with Crippen LogP contribution >= 0.6 is 0 Å². The molecule has 3 aliphatic rings. The van der Waals surface area contributed by atoms with Crippen molar-refractivity contribution in [3.63, 3.8) is 0 Å². The van der Waals surface area contributed by atoms with Gasteiger partial charge in [-0.15, -0.1) is 0 Å². The van der Waals surface area contributed by atoms with E-state index in [4.69, 9.17) is 0 Å². The molecular weight excluding hydrogens is 701 g/mol. The Morgan fingerprint density at radius 3 is 1.72 bits per heavy atom. The van der Waals surface area contributed by atoms with Crippen molar-refractivity contribution in [2.45, 2.75) is 11.5 Å². The molecule has 58 heavy (non-hydrogen) atoms. The summed E-state index contributed by atoms with van der Waals surface area (Å²) in [6.45, 7) is 0.